The molecule has 0 fully saturated rings. The van der Waals surface area contributed by atoms with Crippen molar-refractivity contribution in [3.05, 3.63) is 114 Å². The van der Waals surface area contributed by atoms with Crippen LogP contribution in [0.25, 0.3) is 0 Å². The lowest BCUT2D eigenvalue weighted by Gasteiger charge is -2.28. The Labute approximate surface area is 159 Å². The van der Waals surface area contributed by atoms with E-state index in [1.165, 1.54) is 0 Å². The van der Waals surface area contributed by atoms with E-state index in [0.717, 1.165) is 16.8 Å². The molecule has 0 saturated carbocycles. The Bertz CT molecular complexity index is 920. The molecule has 1 N–H and O–H groups in total. The summed E-state index contributed by atoms with van der Waals surface area (Å²) < 4.78 is 5.78. The van der Waals surface area contributed by atoms with Crippen LogP contribution in [0.15, 0.2) is 103 Å². The van der Waals surface area contributed by atoms with E-state index in [2.05, 4.69) is 5.32 Å². The standard InChI is InChI=1S/C24H21NO2/c26-24-21(16-17-22(27-24)18-10-4-1-5-11-18)23(19-12-6-2-7-13-19)25-20-14-8-3-9-15-20/h1-16,22-23,25H,17H2/t22-,23-/m1/s1. The van der Waals surface area contributed by atoms with E-state index >= 15 is 0 Å². The number of hydrogen-bond donors (Lipinski definition) is 1. The molecule has 1 aliphatic heterocycles. The van der Waals surface area contributed by atoms with Crippen molar-refractivity contribution < 1.29 is 9.53 Å². The van der Waals surface area contributed by atoms with Gasteiger partial charge in [-0.15, -0.1) is 0 Å². The molecule has 0 amide bonds. The molecule has 1 aliphatic rings. The van der Waals surface area contributed by atoms with E-state index in [0.29, 0.717) is 12.0 Å². The monoisotopic (exact) mass is 355 g/mol. The number of rotatable bonds is 5. The molecule has 27 heavy (non-hydrogen) atoms. The molecule has 0 spiro atoms. The Balaban J connectivity index is 1.64. The molecular weight excluding hydrogens is 334 g/mol. The highest BCUT2D eigenvalue weighted by atomic mass is 16.5. The molecule has 3 aromatic rings. The summed E-state index contributed by atoms with van der Waals surface area (Å²) in [4.78, 5) is 12.9. The fourth-order valence-electron chi connectivity index (χ4n) is 3.36. The van der Waals surface area contributed by atoms with Crippen LogP contribution in [0.2, 0.25) is 0 Å². The second-order valence-electron chi connectivity index (χ2n) is 6.55. The first-order valence-electron chi connectivity index (χ1n) is 9.14. The van der Waals surface area contributed by atoms with Gasteiger partial charge in [-0.1, -0.05) is 84.9 Å². The molecule has 2 atom stereocenters. The molecule has 0 saturated heterocycles. The van der Waals surface area contributed by atoms with Crippen molar-refractivity contribution in [1.29, 1.82) is 0 Å². The van der Waals surface area contributed by atoms with Crippen molar-refractivity contribution in [1.82, 2.24) is 0 Å². The summed E-state index contributed by atoms with van der Waals surface area (Å²) in [6, 6.07) is 29.5. The molecule has 134 valence electrons. The van der Waals surface area contributed by atoms with E-state index in [1.54, 1.807) is 0 Å². The minimum absolute atomic E-state index is 0.226. The Morgan fingerprint density at radius 3 is 2.04 bits per heavy atom. The zero-order valence-electron chi connectivity index (χ0n) is 14.9. The Hall–Kier alpha value is -3.33. The van der Waals surface area contributed by atoms with Gasteiger partial charge in [-0.05, 0) is 23.3 Å². The third-order valence-electron chi connectivity index (χ3n) is 4.74. The van der Waals surface area contributed by atoms with E-state index in [-0.39, 0.29) is 18.1 Å². The summed E-state index contributed by atoms with van der Waals surface area (Å²) in [6.45, 7) is 0. The minimum Gasteiger partial charge on any atom is -0.454 e. The number of carbonyl (C=O) groups excluding carboxylic acids is 1. The lowest BCUT2D eigenvalue weighted by molar-refractivity contribution is -0.146. The second kappa shape index (κ2) is 7.92. The largest absolute Gasteiger partial charge is 0.454 e. The number of cyclic esters (lactones) is 1. The topological polar surface area (TPSA) is 38.3 Å². The third kappa shape index (κ3) is 3.93. The lowest BCUT2D eigenvalue weighted by Crippen LogP contribution is -2.25. The second-order valence-corrected chi connectivity index (χ2v) is 6.55. The molecule has 0 bridgehead atoms. The Kier molecular flexibility index (Phi) is 5.01. The van der Waals surface area contributed by atoms with E-state index < -0.39 is 0 Å². The third-order valence-corrected chi connectivity index (χ3v) is 4.74. The number of hydrogen-bond acceptors (Lipinski definition) is 3. The SMILES string of the molecule is O=C1O[C@@H](c2ccccc2)CC=C1[C@H](Nc1ccccc1)c1ccccc1. The maximum atomic E-state index is 12.9. The van der Waals surface area contributed by atoms with Crippen LogP contribution in [0.4, 0.5) is 5.69 Å². The van der Waals surface area contributed by atoms with Gasteiger partial charge in [-0.25, -0.2) is 4.79 Å². The van der Waals surface area contributed by atoms with Crippen molar-refractivity contribution in [2.45, 2.75) is 18.6 Å². The zero-order chi connectivity index (χ0) is 18.5. The first kappa shape index (κ1) is 17.1. The molecular formula is C24H21NO2. The number of nitrogens with one attached hydrogen (secondary N) is 1. The lowest BCUT2D eigenvalue weighted by atomic mass is 9.93. The molecule has 0 aliphatic carbocycles. The van der Waals surface area contributed by atoms with Crippen LogP contribution in [0.1, 0.15) is 29.7 Å². The van der Waals surface area contributed by atoms with Crippen molar-refractivity contribution >= 4 is 11.7 Å². The number of benzene rings is 3. The fraction of sp³-hybridized carbons (Fsp3) is 0.125. The molecule has 3 aromatic carbocycles. The van der Waals surface area contributed by atoms with Crippen LogP contribution in [-0.4, -0.2) is 5.97 Å². The van der Waals surface area contributed by atoms with Gasteiger partial charge in [0.25, 0.3) is 0 Å². The summed E-state index contributed by atoms with van der Waals surface area (Å²) >= 11 is 0. The van der Waals surface area contributed by atoms with Crippen molar-refractivity contribution in [3.63, 3.8) is 0 Å². The van der Waals surface area contributed by atoms with E-state index in [4.69, 9.17) is 4.74 Å². The minimum atomic E-state index is -0.271. The molecule has 4 rings (SSSR count). The molecule has 0 radical (unpaired) electrons. The molecule has 3 nitrogen and oxygen atoms in total. The van der Waals surface area contributed by atoms with Gasteiger partial charge < -0.3 is 10.1 Å². The van der Waals surface area contributed by atoms with Gasteiger partial charge in [-0.2, -0.15) is 0 Å². The average molecular weight is 355 g/mol. The van der Waals surface area contributed by atoms with Crippen LogP contribution in [-0.2, 0) is 9.53 Å². The zero-order valence-corrected chi connectivity index (χ0v) is 14.9. The van der Waals surface area contributed by atoms with Crippen LogP contribution >= 0.6 is 0 Å². The van der Waals surface area contributed by atoms with Crippen molar-refractivity contribution in [2.75, 3.05) is 5.32 Å². The molecule has 3 heteroatoms. The van der Waals surface area contributed by atoms with Crippen molar-refractivity contribution in [3.8, 4) is 0 Å². The van der Waals surface area contributed by atoms with Gasteiger partial charge in [0.05, 0.1) is 11.6 Å². The maximum Gasteiger partial charge on any atom is 0.336 e. The predicted octanol–water partition coefficient (Wildman–Crippen LogP) is 5.45. The first-order valence-corrected chi connectivity index (χ1v) is 9.14. The van der Waals surface area contributed by atoms with Crippen LogP contribution < -0.4 is 5.32 Å². The van der Waals surface area contributed by atoms with Gasteiger partial charge in [0.2, 0.25) is 0 Å². The smallest absolute Gasteiger partial charge is 0.336 e. The number of anilines is 1. The quantitative estimate of drug-likeness (QED) is 0.618. The van der Waals surface area contributed by atoms with E-state index in [9.17, 15) is 4.79 Å². The van der Waals surface area contributed by atoms with Gasteiger partial charge in [0.1, 0.15) is 6.10 Å². The Morgan fingerprint density at radius 2 is 1.41 bits per heavy atom. The number of carbonyl (C=O) groups is 1. The summed E-state index contributed by atoms with van der Waals surface area (Å²) in [7, 11) is 0. The summed E-state index contributed by atoms with van der Waals surface area (Å²) in [5.74, 6) is -0.271. The van der Waals surface area contributed by atoms with Crippen LogP contribution in [0.5, 0.6) is 0 Å². The van der Waals surface area contributed by atoms with E-state index in [1.807, 2.05) is 97.1 Å². The average Bonchev–Trinajstić information content (AvgIpc) is 2.74. The van der Waals surface area contributed by atoms with Gasteiger partial charge in [-0.3, -0.25) is 0 Å². The molecule has 0 aromatic heterocycles. The highest BCUT2D eigenvalue weighted by Gasteiger charge is 2.30. The summed E-state index contributed by atoms with van der Waals surface area (Å²) in [5.41, 5.74) is 3.67. The summed E-state index contributed by atoms with van der Waals surface area (Å²) in [6.07, 6.45) is 2.46. The van der Waals surface area contributed by atoms with Crippen LogP contribution in [0.3, 0.4) is 0 Å². The normalized spacial score (nSPS) is 17.6. The van der Waals surface area contributed by atoms with Gasteiger partial charge in [0, 0.05) is 12.1 Å². The molecule has 0 unspecified atom stereocenters. The first-order chi connectivity index (χ1) is 13.3. The van der Waals surface area contributed by atoms with Gasteiger partial charge >= 0.3 is 5.97 Å². The molecule has 1 heterocycles. The fourth-order valence-corrected chi connectivity index (χ4v) is 3.36. The van der Waals surface area contributed by atoms with Crippen LogP contribution in [0, 0.1) is 0 Å². The Morgan fingerprint density at radius 1 is 0.815 bits per heavy atom. The number of esters is 1. The van der Waals surface area contributed by atoms with Gasteiger partial charge in [0.15, 0.2) is 0 Å². The van der Waals surface area contributed by atoms with Crippen molar-refractivity contribution in [2.24, 2.45) is 0 Å². The maximum absolute atomic E-state index is 12.9. The summed E-state index contributed by atoms with van der Waals surface area (Å²) in [5, 5.41) is 3.48. The predicted molar refractivity (Wildman–Crippen MR) is 107 cm³/mol. The number of ether oxygens (including phenoxy) is 1. The highest BCUT2D eigenvalue weighted by molar-refractivity contribution is 5.91. The number of para-hydroxylation sites is 1. The highest BCUT2D eigenvalue weighted by Crippen LogP contribution is 2.34.